The summed E-state index contributed by atoms with van der Waals surface area (Å²) in [5.74, 6) is 0.861. The number of rotatable bonds is 6. The first-order valence-corrected chi connectivity index (χ1v) is 6.80. The van der Waals surface area contributed by atoms with Crippen molar-refractivity contribution in [3.8, 4) is 5.75 Å². The van der Waals surface area contributed by atoms with E-state index in [9.17, 15) is 4.79 Å². The molecule has 0 aliphatic heterocycles. The van der Waals surface area contributed by atoms with E-state index in [2.05, 4.69) is 5.32 Å². The molecule has 0 heterocycles. The van der Waals surface area contributed by atoms with Crippen molar-refractivity contribution in [1.82, 2.24) is 5.32 Å². The monoisotopic (exact) mass is 269 g/mol. The van der Waals surface area contributed by atoms with E-state index in [-0.39, 0.29) is 5.91 Å². The summed E-state index contributed by atoms with van der Waals surface area (Å²) >= 11 is 0. The number of hydrogen-bond acceptors (Lipinski definition) is 2. The van der Waals surface area contributed by atoms with Crippen LogP contribution in [0.5, 0.6) is 5.75 Å². The van der Waals surface area contributed by atoms with Gasteiger partial charge in [0.05, 0.1) is 13.0 Å². The summed E-state index contributed by atoms with van der Waals surface area (Å²) in [6.45, 7) is 3.12. The van der Waals surface area contributed by atoms with E-state index in [1.165, 1.54) is 0 Å². The van der Waals surface area contributed by atoms with Gasteiger partial charge in [0.1, 0.15) is 5.75 Å². The second kappa shape index (κ2) is 7.34. The van der Waals surface area contributed by atoms with Gasteiger partial charge in [0.2, 0.25) is 5.91 Å². The highest BCUT2D eigenvalue weighted by atomic mass is 16.5. The number of amides is 1. The predicted molar refractivity (Wildman–Crippen MR) is 79.6 cm³/mol. The molecule has 0 saturated heterocycles. The van der Waals surface area contributed by atoms with Crippen molar-refractivity contribution in [1.29, 1.82) is 0 Å². The molecule has 0 bridgehead atoms. The van der Waals surface area contributed by atoms with Crippen LogP contribution in [0, 0.1) is 0 Å². The minimum absolute atomic E-state index is 0.0259. The van der Waals surface area contributed by atoms with E-state index in [1.807, 2.05) is 61.5 Å². The van der Waals surface area contributed by atoms with Gasteiger partial charge in [0, 0.05) is 6.54 Å². The Bertz CT molecular complexity index is 552. The van der Waals surface area contributed by atoms with Crippen LogP contribution in [0.15, 0.2) is 54.6 Å². The van der Waals surface area contributed by atoms with Gasteiger partial charge in [-0.15, -0.1) is 0 Å². The van der Waals surface area contributed by atoms with Gasteiger partial charge in [0.25, 0.3) is 0 Å². The fraction of sp³-hybridized carbons (Fsp3) is 0.235. The molecule has 0 saturated carbocycles. The van der Waals surface area contributed by atoms with Crippen LogP contribution in [-0.2, 0) is 17.8 Å². The molecule has 0 fully saturated rings. The van der Waals surface area contributed by atoms with Crippen molar-refractivity contribution in [2.75, 3.05) is 6.61 Å². The van der Waals surface area contributed by atoms with Gasteiger partial charge in [-0.05, 0) is 30.2 Å². The zero-order valence-corrected chi connectivity index (χ0v) is 11.6. The quantitative estimate of drug-likeness (QED) is 0.875. The largest absolute Gasteiger partial charge is 0.494 e. The van der Waals surface area contributed by atoms with Gasteiger partial charge >= 0.3 is 0 Å². The standard InChI is InChI=1S/C17H19NO2/c1-2-20-16-10-6-9-15(11-16)13-18-17(19)12-14-7-4-3-5-8-14/h3-11H,2,12-13H2,1H3,(H,18,19). The average molecular weight is 269 g/mol. The molecule has 0 aliphatic rings. The highest BCUT2D eigenvalue weighted by Crippen LogP contribution is 2.13. The van der Waals surface area contributed by atoms with Crippen molar-refractivity contribution >= 4 is 5.91 Å². The van der Waals surface area contributed by atoms with E-state index in [1.54, 1.807) is 0 Å². The Kier molecular flexibility index (Phi) is 5.18. The van der Waals surface area contributed by atoms with Crippen LogP contribution in [-0.4, -0.2) is 12.5 Å². The lowest BCUT2D eigenvalue weighted by atomic mass is 10.1. The lowest BCUT2D eigenvalue weighted by Gasteiger charge is -2.08. The van der Waals surface area contributed by atoms with Crippen LogP contribution in [0.2, 0.25) is 0 Å². The average Bonchev–Trinajstić information content (AvgIpc) is 2.47. The maximum Gasteiger partial charge on any atom is 0.224 e. The van der Waals surface area contributed by atoms with E-state index < -0.39 is 0 Å². The number of carbonyl (C=O) groups is 1. The molecule has 2 rings (SSSR count). The maximum atomic E-state index is 11.9. The van der Waals surface area contributed by atoms with Gasteiger partial charge in [-0.1, -0.05) is 42.5 Å². The van der Waals surface area contributed by atoms with Crippen molar-refractivity contribution in [2.24, 2.45) is 0 Å². The van der Waals surface area contributed by atoms with E-state index in [0.717, 1.165) is 16.9 Å². The second-order valence-corrected chi connectivity index (χ2v) is 4.52. The minimum Gasteiger partial charge on any atom is -0.494 e. The summed E-state index contributed by atoms with van der Waals surface area (Å²) in [7, 11) is 0. The van der Waals surface area contributed by atoms with E-state index in [4.69, 9.17) is 4.74 Å². The fourth-order valence-electron chi connectivity index (χ4n) is 1.96. The Hall–Kier alpha value is -2.29. The number of ether oxygens (including phenoxy) is 1. The zero-order chi connectivity index (χ0) is 14.2. The normalized spacial score (nSPS) is 10.1. The number of hydrogen-bond donors (Lipinski definition) is 1. The minimum atomic E-state index is 0.0259. The second-order valence-electron chi connectivity index (χ2n) is 4.52. The molecular weight excluding hydrogens is 250 g/mol. The summed E-state index contributed by atoms with van der Waals surface area (Å²) < 4.78 is 5.44. The Morgan fingerprint density at radius 3 is 2.55 bits per heavy atom. The first-order valence-electron chi connectivity index (χ1n) is 6.80. The molecule has 1 N–H and O–H groups in total. The molecule has 3 heteroatoms. The highest BCUT2D eigenvalue weighted by molar-refractivity contribution is 5.78. The maximum absolute atomic E-state index is 11.9. The van der Waals surface area contributed by atoms with Gasteiger partial charge in [-0.2, -0.15) is 0 Å². The SMILES string of the molecule is CCOc1cccc(CNC(=O)Cc2ccccc2)c1. The first-order chi connectivity index (χ1) is 9.78. The number of benzene rings is 2. The Balaban J connectivity index is 1.85. The Morgan fingerprint density at radius 1 is 1.05 bits per heavy atom. The van der Waals surface area contributed by atoms with Crippen molar-refractivity contribution < 1.29 is 9.53 Å². The summed E-state index contributed by atoms with van der Waals surface area (Å²) in [5.41, 5.74) is 2.06. The number of nitrogens with one attached hydrogen (secondary N) is 1. The molecular formula is C17H19NO2. The molecule has 20 heavy (non-hydrogen) atoms. The molecule has 0 radical (unpaired) electrons. The topological polar surface area (TPSA) is 38.3 Å². The molecule has 2 aromatic rings. The van der Waals surface area contributed by atoms with Crippen molar-refractivity contribution in [3.63, 3.8) is 0 Å². The molecule has 0 aliphatic carbocycles. The predicted octanol–water partition coefficient (Wildman–Crippen LogP) is 2.94. The smallest absolute Gasteiger partial charge is 0.224 e. The van der Waals surface area contributed by atoms with Crippen LogP contribution in [0.4, 0.5) is 0 Å². The molecule has 2 aromatic carbocycles. The summed E-state index contributed by atoms with van der Waals surface area (Å²) in [6.07, 6.45) is 0.409. The molecule has 0 aromatic heterocycles. The summed E-state index contributed by atoms with van der Waals surface area (Å²) in [6, 6.07) is 17.5. The molecule has 0 spiro atoms. The van der Waals surface area contributed by atoms with Crippen LogP contribution in [0.25, 0.3) is 0 Å². The highest BCUT2D eigenvalue weighted by Gasteiger charge is 2.03. The van der Waals surface area contributed by atoms with Crippen molar-refractivity contribution in [2.45, 2.75) is 19.9 Å². The molecule has 1 amide bonds. The van der Waals surface area contributed by atoms with Gasteiger partial charge in [-0.25, -0.2) is 0 Å². The number of carbonyl (C=O) groups excluding carboxylic acids is 1. The third kappa shape index (κ3) is 4.43. The summed E-state index contributed by atoms with van der Waals surface area (Å²) in [4.78, 5) is 11.9. The molecule has 0 unspecified atom stereocenters. The van der Waals surface area contributed by atoms with E-state index >= 15 is 0 Å². The van der Waals surface area contributed by atoms with Gasteiger partial charge in [-0.3, -0.25) is 4.79 Å². The molecule has 104 valence electrons. The van der Waals surface area contributed by atoms with Crippen molar-refractivity contribution in [3.05, 3.63) is 65.7 Å². The lowest BCUT2D eigenvalue weighted by Crippen LogP contribution is -2.24. The third-order valence-corrected chi connectivity index (χ3v) is 2.91. The fourth-order valence-corrected chi connectivity index (χ4v) is 1.96. The lowest BCUT2D eigenvalue weighted by molar-refractivity contribution is -0.120. The van der Waals surface area contributed by atoms with E-state index in [0.29, 0.717) is 19.6 Å². The van der Waals surface area contributed by atoms with Gasteiger partial charge in [0.15, 0.2) is 0 Å². The third-order valence-electron chi connectivity index (χ3n) is 2.91. The molecule has 0 atom stereocenters. The Morgan fingerprint density at radius 2 is 1.80 bits per heavy atom. The van der Waals surface area contributed by atoms with Crippen LogP contribution in [0.1, 0.15) is 18.1 Å². The first kappa shape index (κ1) is 14.1. The van der Waals surface area contributed by atoms with Gasteiger partial charge < -0.3 is 10.1 Å². The van der Waals surface area contributed by atoms with Crippen LogP contribution >= 0.6 is 0 Å². The molecule has 3 nitrogen and oxygen atoms in total. The van der Waals surface area contributed by atoms with Crippen LogP contribution < -0.4 is 10.1 Å². The Labute approximate surface area is 119 Å². The summed E-state index contributed by atoms with van der Waals surface area (Å²) in [5, 5.41) is 2.92. The van der Waals surface area contributed by atoms with Crippen LogP contribution in [0.3, 0.4) is 0 Å². The zero-order valence-electron chi connectivity index (χ0n) is 11.6.